The summed E-state index contributed by atoms with van der Waals surface area (Å²) in [4.78, 5) is 4.66. The topological polar surface area (TPSA) is 24.9 Å². The van der Waals surface area contributed by atoms with E-state index in [0.29, 0.717) is 0 Å². The molecule has 0 atom stereocenters. The fraction of sp³-hybridized carbons (Fsp3) is 0.357. The molecule has 18 heavy (non-hydrogen) atoms. The van der Waals surface area contributed by atoms with E-state index in [2.05, 4.69) is 39.8 Å². The average molecular weight is 358 g/mol. The van der Waals surface area contributed by atoms with Gasteiger partial charge in [0.2, 0.25) is 0 Å². The van der Waals surface area contributed by atoms with E-state index < -0.39 is 0 Å². The van der Waals surface area contributed by atoms with Gasteiger partial charge in [0.25, 0.3) is 0 Å². The highest BCUT2D eigenvalue weighted by Gasteiger charge is 2.13. The first-order valence-corrected chi connectivity index (χ1v) is 7.18. The Hall–Kier alpha value is -0.910. The van der Waals surface area contributed by atoms with Crippen LogP contribution in [0.1, 0.15) is 25.1 Å². The second kappa shape index (κ2) is 5.38. The molecule has 0 fully saturated rings. The lowest BCUT2D eigenvalue weighted by atomic mass is 10.1. The fourth-order valence-corrected chi connectivity index (χ4v) is 2.89. The maximum Gasteiger partial charge on any atom is 0.125 e. The molecule has 0 aliphatic carbocycles. The number of nitrogens with one attached hydrogen (secondary N) is 1. The summed E-state index contributed by atoms with van der Waals surface area (Å²) < 4.78 is 14.4. The summed E-state index contributed by atoms with van der Waals surface area (Å²) in [6.45, 7) is 6.99. The van der Waals surface area contributed by atoms with Crippen LogP contribution < -0.4 is 5.32 Å². The molecule has 0 unspecified atom stereocenters. The number of aromatic nitrogens is 1. The van der Waals surface area contributed by atoms with Crippen molar-refractivity contribution in [3.8, 4) is 0 Å². The molecule has 0 saturated heterocycles. The molecule has 0 saturated carbocycles. The van der Waals surface area contributed by atoms with Gasteiger partial charge in [-0.15, -0.1) is 0 Å². The van der Waals surface area contributed by atoms with Gasteiger partial charge in [0.15, 0.2) is 0 Å². The van der Waals surface area contributed by atoms with Crippen LogP contribution in [0.4, 0.5) is 10.1 Å². The SMILES string of the molecule is CCNc1c(C)c(CC)nc2c(I)cc(F)cc12. The van der Waals surface area contributed by atoms with Crippen LogP contribution in [0.3, 0.4) is 0 Å². The van der Waals surface area contributed by atoms with Crippen molar-refractivity contribution in [3.63, 3.8) is 0 Å². The third kappa shape index (κ3) is 2.30. The van der Waals surface area contributed by atoms with Crippen molar-refractivity contribution in [3.05, 3.63) is 32.8 Å². The zero-order valence-corrected chi connectivity index (χ0v) is 12.9. The van der Waals surface area contributed by atoms with Gasteiger partial charge in [0.05, 0.1) is 5.52 Å². The van der Waals surface area contributed by atoms with E-state index in [1.807, 2.05) is 13.8 Å². The monoisotopic (exact) mass is 358 g/mol. The number of rotatable bonds is 3. The molecule has 1 heterocycles. The fourth-order valence-electron chi connectivity index (χ4n) is 2.18. The number of hydrogen-bond acceptors (Lipinski definition) is 2. The molecule has 0 aliphatic heterocycles. The van der Waals surface area contributed by atoms with Crippen molar-refractivity contribution in [1.82, 2.24) is 4.98 Å². The summed E-state index contributed by atoms with van der Waals surface area (Å²) in [6.07, 6.45) is 0.883. The molecule has 1 aromatic heterocycles. The van der Waals surface area contributed by atoms with E-state index in [9.17, 15) is 4.39 Å². The predicted molar refractivity (Wildman–Crippen MR) is 82.7 cm³/mol. The first-order valence-electron chi connectivity index (χ1n) is 6.10. The molecule has 0 spiro atoms. The largest absolute Gasteiger partial charge is 0.385 e. The van der Waals surface area contributed by atoms with Crippen LogP contribution in [-0.4, -0.2) is 11.5 Å². The first-order chi connectivity index (χ1) is 8.58. The van der Waals surface area contributed by atoms with E-state index in [0.717, 1.165) is 44.4 Å². The van der Waals surface area contributed by atoms with Crippen LogP contribution in [0, 0.1) is 16.3 Å². The summed E-state index contributed by atoms with van der Waals surface area (Å²) in [5.41, 5.74) is 4.09. The molecule has 96 valence electrons. The maximum atomic E-state index is 13.6. The van der Waals surface area contributed by atoms with E-state index in [-0.39, 0.29) is 5.82 Å². The number of halogens is 2. The minimum atomic E-state index is -0.212. The minimum absolute atomic E-state index is 0.212. The van der Waals surface area contributed by atoms with Crippen LogP contribution in [0.25, 0.3) is 10.9 Å². The van der Waals surface area contributed by atoms with Crippen LogP contribution in [0.15, 0.2) is 12.1 Å². The Morgan fingerprint density at radius 2 is 2.06 bits per heavy atom. The van der Waals surface area contributed by atoms with Gasteiger partial charge in [0.1, 0.15) is 5.82 Å². The van der Waals surface area contributed by atoms with Gasteiger partial charge in [-0.3, -0.25) is 4.98 Å². The van der Waals surface area contributed by atoms with E-state index in [4.69, 9.17) is 0 Å². The number of pyridine rings is 1. The molecule has 2 nitrogen and oxygen atoms in total. The van der Waals surface area contributed by atoms with E-state index in [1.54, 1.807) is 6.07 Å². The summed E-state index contributed by atoms with van der Waals surface area (Å²) in [5, 5.41) is 4.21. The highest BCUT2D eigenvalue weighted by molar-refractivity contribution is 14.1. The van der Waals surface area contributed by atoms with Crippen LogP contribution in [-0.2, 0) is 6.42 Å². The molecule has 4 heteroatoms. The van der Waals surface area contributed by atoms with Gasteiger partial charge in [-0.05, 0) is 60.6 Å². The zero-order chi connectivity index (χ0) is 13.3. The van der Waals surface area contributed by atoms with E-state index in [1.165, 1.54) is 6.07 Å². The molecule has 0 bridgehead atoms. The lowest BCUT2D eigenvalue weighted by Gasteiger charge is -2.15. The minimum Gasteiger partial charge on any atom is -0.385 e. The Morgan fingerprint density at radius 3 is 2.67 bits per heavy atom. The zero-order valence-electron chi connectivity index (χ0n) is 10.8. The molecule has 1 aromatic carbocycles. The van der Waals surface area contributed by atoms with Crippen LogP contribution >= 0.6 is 22.6 Å². The second-order valence-electron chi connectivity index (χ2n) is 4.23. The normalized spacial score (nSPS) is 10.9. The number of fused-ring (bicyclic) bond motifs is 1. The lowest BCUT2D eigenvalue weighted by molar-refractivity contribution is 0.628. The van der Waals surface area contributed by atoms with Gasteiger partial charge in [-0.25, -0.2) is 4.39 Å². The third-order valence-electron chi connectivity index (χ3n) is 3.04. The van der Waals surface area contributed by atoms with Crippen molar-refractivity contribution in [2.24, 2.45) is 0 Å². The van der Waals surface area contributed by atoms with Gasteiger partial charge in [-0.1, -0.05) is 6.92 Å². The Bertz CT molecular complexity index is 596. The predicted octanol–water partition coefficient (Wildman–Crippen LogP) is 4.28. The summed E-state index contributed by atoms with van der Waals surface area (Å²) in [7, 11) is 0. The first kappa shape index (κ1) is 13.5. The second-order valence-corrected chi connectivity index (χ2v) is 5.39. The summed E-state index contributed by atoms with van der Waals surface area (Å²) >= 11 is 2.14. The maximum absolute atomic E-state index is 13.6. The molecule has 1 N–H and O–H groups in total. The van der Waals surface area contributed by atoms with Crippen molar-refractivity contribution in [2.45, 2.75) is 27.2 Å². The van der Waals surface area contributed by atoms with Gasteiger partial charge in [-0.2, -0.15) is 0 Å². The Morgan fingerprint density at radius 1 is 1.33 bits per heavy atom. The molecule has 2 aromatic rings. The standard InChI is InChI=1S/C14H16FIN2/c1-4-12-8(3)13(17-5-2)10-6-9(15)7-11(16)14(10)18-12/h6-7H,4-5H2,1-3H3,(H,17,18). The van der Waals surface area contributed by atoms with Gasteiger partial charge < -0.3 is 5.32 Å². The highest BCUT2D eigenvalue weighted by atomic mass is 127. The van der Waals surface area contributed by atoms with Crippen molar-refractivity contribution >= 4 is 39.2 Å². The number of aryl methyl sites for hydroxylation is 1. The van der Waals surface area contributed by atoms with E-state index >= 15 is 0 Å². The molecule has 0 amide bonds. The molecule has 0 radical (unpaired) electrons. The third-order valence-corrected chi connectivity index (χ3v) is 3.86. The number of nitrogens with zero attached hydrogens (tertiary/aromatic N) is 1. The van der Waals surface area contributed by atoms with Gasteiger partial charge >= 0.3 is 0 Å². The Kier molecular flexibility index (Phi) is 4.04. The lowest BCUT2D eigenvalue weighted by Crippen LogP contribution is -2.05. The van der Waals surface area contributed by atoms with Crippen LogP contribution in [0.5, 0.6) is 0 Å². The molecular weight excluding hydrogens is 342 g/mol. The van der Waals surface area contributed by atoms with Gasteiger partial charge in [0, 0.05) is 26.9 Å². The number of hydrogen-bond donors (Lipinski definition) is 1. The van der Waals surface area contributed by atoms with Crippen LogP contribution in [0.2, 0.25) is 0 Å². The summed E-state index contributed by atoms with van der Waals surface area (Å²) in [5.74, 6) is -0.212. The highest BCUT2D eigenvalue weighted by Crippen LogP contribution is 2.31. The molecule has 0 aliphatic rings. The molecule has 2 rings (SSSR count). The summed E-state index contributed by atoms with van der Waals surface area (Å²) in [6, 6.07) is 3.09. The smallest absolute Gasteiger partial charge is 0.125 e. The Balaban J connectivity index is 2.86. The quantitative estimate of drug-likeness (QED) is 0.829. The average Bonchev–Trinajstić information content (AvgIpc) is 2.33. The van der Waals surface area contributed by atoms with Crippen molar-refractivity contribution in [1.29, 1.82) is 0 Å². The number of anilines is 1. The Labute approximate surface area is 120 Å². The van der Waals surface area contributed by atoms with Crippen molar-refractivity contribution < 1.29 is 4.39 Å². The molecular formula is C14H16FIN2. The van der Waals surface area contributed by atoms with Crippen molar-refractivity contribution in [2.75, 3.05) is 11.9 Å². The number of benzene rings is 1.